The van der Waals surface area contributed by atoms with E-state index >= 15 is 0 Å². The van der Waals surface area contributed by atoms with Gasteiger partial charge in [-0.05, 0) is 36.0 Å². The van der Waals surface area contributed by atoms with E-state index in [1.54, 1.807) is 12.4 Å². The molecule has 0 atom stereocenters. The molecule has 8 heteroatoms. The quantitative estimate of drug-likeness (QED) is 0.501. The summed E-state index contributed by atoms with van der Waals surface area (Å²) in [5, 5.41) is 25.4. The van der Waals surface area contributed by atoms with Gasteiger partial charge in [0.05, 0.1) is 6.61 Å². The molecule has 4 rings (SSSR count). The summed E-state index contributed by atoms with van der Waals surface area (Å²) in [4.78, 5) is 15.5. The molecular formula is C24H27N7O. The van der Waals surface area contributed by atoms with E-state index < -0.39 is 0 Å². The van der Waals surface area contributed by atoms with Crippen molar-refractivity contribution in [3.8, 4) is 6.07 Å². The van der Waals surface area contributed by atoms with E-state index in [0.29, 0.717) is 42.2 Å². The average molecular weight is 430 g/mol. The number of aromatic nitrogens is 3. The Morgan fingerprint density at radius 2 is 1.88 bits per heavy atom. The first-order valence-electron chi connectivity index (χ1n) is 10.9. The van der Waals surface area contributed by atoms with Gasteiger partial charge in [-0.25, -0.2) is 0 Å². The van der Waals surface area contributed by atoms with Crippen LogP contribution in [0.1, 0.15) is 35.4 Å². The first-order chi connectivity index (χ1) is 15.8. The van der Waals surface area contributed by atoms with Crippen LogP contribution in [0, 0.1) is 11.3 Å². The van der Waals surface area contributed by atoms with Crippen LogP contribution in [-0.4, -0.2) is 46.3 Å². The molecule has 1 aliphatic rings. The molecule has 164 valence electrons. The third-order valence-electron chi connectivity index (χ3n) is 5.64. The van der Waals surface area contributed by atoms with Crippen LogP contribution in [0.5, 0.6) is 0 Å². The first kappa shape index (κ1) is 21.5. The number of anilines is 3. The molecule has 0 amide bonds. The van der Waals surface area contributed by atoms with Crippen LogP contribution in [0.15, 0.2) is 54.9 Å². The van der Waals surface area contributed by atoms with E-state index in [0.717, 1.165) is 31.5 Å². The number of hydrogen-bond acceptors (Lipinski definition) is 8. The van der Waals surface area contributed by atoms with Crippen LogP contribution in [0.3, 0.4) is 0 Å². The third kappa shape index (κ3) is 5.13. The summed E-state index contributed by atoms with van der Waals surface area (Å²) in [7, 11) is 0. The van der Waals surface area contributed by atoms with Crippen LogP contribution in [0.4, 0.5) is 17.6 Å². The summed E-state index contributed by atoms with van der Waals surface area (Å²) in [6.45, 7) is 2.41. The average Bonchev–Trinajstić information content (AvgIpc) is 2.87. The maximum absolute atomic E-state index is 9.87. The van der Waals surface area contributed by atoms with Gasteiger partial charge in [-0.2, -0.15) is 15.2 Å². The van der Waals surface area contributed by atoms with Crippen LogP contribution < -0.4 is 15.5 Å². The highest BCUT2D eigenvalue weighted by molar-refractivity contribution is 5.68. The third-order valence-corrected chi connectivity index (χ3v) is 5.64. The Balaban J connectivity index is 1.56. The Morgan fingerprint density at radius 1 is 1.06 bits per heavy atom. The molecule has 1 aromatic carbocycles. The minimum Gasteiger partial charge on any atom is -0.395 e. The predicted octanol–water partition coefficient (Wildman–Crippen LogP) is 3.14. The topological polar surface area (TPSA) is 110 Å². The van der Waals surface area contributed by atoms with E-state index in [2.05, 4.69) is 55.8 Å². The van der Waals surface area contributed by atoms with Gasteiger partial charge in [-0.15, -0.1) is 0 Å². The van der Waals surface area contributed by atoms with Gasteiger partial charge in [-0.1, -0.05) is 36.4 Å². The smallest absolute Gasteiger partial charge is 0.226 e. The van der Waals surface area contributed by atoms with Crippen LogP contribution in [0.25, 0.3) is 0 Å². The summed E-state index contributed by atoms with van der Waals surface area (Å²) < 4.78 is 0. The molecule has 3 aromatic rings. The second-order valence-corrected chi connectivity index (χ2v) is 7.74. The van der Waals surface area contributed by atoms with Crippen molar-refractivity contribution in [2.75, 3.05) is 41.8 Å². The van der Waals surface area contributed by atoms with E-state index in [4.69, 9.17) is 4.98 Å². The Morgan fingerprint density at radius 3 is 2.56 bits per heavy atom. The standard InChI is InChI=1S/C24H27N7O/c25-15-21-22(27-11-14-32)29-24(28-17-18-5-4-10-26-16-18)30-23(21)31-12-8-20(9-13-31)19-6-2-1-3-7-19/h1-7,10,16,20,32H,8-9,11-14,17H2,(H2,27,28,29,30). The van der Waals surface area contributed by atoms with E-state index in [9.17, 15) is 10.4 Å². The molecule has 1 fully saturated rings. The molecule has 0 saturated carbocycles. The zero-order chi connectivity index (χ0) is 22.2. The van der Waals surface area contributed by atoms with Crippen LogP contribution in [0.2, 0.25) is 0 Å². The molecule has 3 N–H and O–H groups in total. The summed E-state index contributed by atoms with van der Waals surface area (Å²) in [5.41, 5.74) is 2.78. The minimum absolute atomic E-state index is 0.0505. The van der Waals surface area contributed by atoms with E-state index in [1.165, 1.54) is 5.56 Å². The second-order valence-electron chi connectivity index (χ2n) is 7.74. The highest BCUT2D eigenvalue weighted by atomic mass is 16.3. The fourth-order valence-electron chi connectivity index (χ4n) is 4.00. The molecule has 0 bridgehead atoms. The summed E-state index contributed by atoms with van der Waals surface area (Å²) in [5.74, 6) is 2.01. The molecule has 1 aliphatic heterocycles. The molecule has 0 unspecified atom stereocenters. The number of piperidine rings is 1. The zero-order valence-corrected chi connectivity index (χ0v) is 17.9. The SMILES string of the molecule is N#Cc1c(NCCO)nc(NCc2cccnc2)nc1N1CCC(c2ccccc2)CC1. The molecular weight excluding hydrogens is 402 g/mol. The fourth-order valence-corrected chi connectivity index (χ4v) is 4.00. The van der Waals surface area contributed by atoms with Crippen molar-refractivity contribution in [2.45, 2.75) is 25.3 Å². The maximum Gasteiger partial charge on any atom is 0.226 e. The molecule has 1 saturated heterocycles. The van der Waals surface area contributed by atoms with Crippen LogP contribution >= 0.6 is 0 Å². The number of rotatable bonds is 8. The van der Waals surface area contributed by atoms with Gasteiger partial charge in [0, 0.05) is 38.6 Å². The maximum atomic E-state index is 9.87. The Bertz CT molecular complexity index is 1050. The normalized spacial score (nSPS) is 14.1. The monoisotopic (exact) mass is 429 g/mol. The highest BCUT2D eigenvalue weighted by Crippen LogP contribution is 2.33. The van der Waals surface area contributed by atoms with Crippen molar-refractivity contribution in [1.82, 2.24) is 15.0 Å². The number of hydrogen-bond donors (Lipinski definition) is 3. The van der Waals surface area contributed by atoms with Gasteiger partial charge in [0.25, 0.3) is 0 Å². The number of pyridine rings is 1. The lowest BCUT2D eigenvalue weighted by Crippen LogP contribution is -2.34. The van der Waals surface area contributed by atoms with Gasteiger partial charge in [0.2, 0.25) is 5.95 Å². The number of nitrogens with one attached hydrogen (secondary N) is 2. The van der Waals surface area contributed by atoms with Crippen molar-refractivity contribution in [2.24, 2.45) is 0 Å². The van der Waals surface area contributed by atoms with Crippen molar-refractivity contribution in [3.63, 3.8) is 0 Å². The summed E-state index contributed by atoms with van der Waals surface area (Å²) in [6.07, 6.45) is 5.51. The van der Waals surface area contributed by atoms with Gasteiger partial charge < -0.3 is 20.6 Å². The summed E-state index contributed by atoms with van der Waals surface area (Å²) >= 11 is 0. The molecule has 32 heavy (non-hydrogen) atoms. The largest absolute Gasteiger partial charge is 0.395 e. The molecule has 0 radical (unpaired) electrons. The lowest BCUT2D eigenvalue weighted by molar-refractivity contribution is 0.311. The number of aliphatic hydroxyl groups excluding tert-OH is 1. The van der Waals surface area contributed by atoms with E-state index in [1.807, 2.05) is 18.2 Å². The zero-order valence-electron chi connectivity index (χ0n) is 17.9. The Hall–Kier alpha value is -3.70. The van der Waals surface area contributed by atoms with Crippen molar-refractivity contribution < 1.29 is 5.11 Å². The predicted molar refractivity (Wildman–Crippen MR) is 125 cm³/mol. The van der Waals surface area contributed by atoms with Gasteiger partial charge in [-0.3, -0.25) is 4.98 Å². The van der Waals surface area contributed by atoms with Crippen molar-refractivity contribution >= 4 is 17.6 Å². The minimum atomic E-state index is -0.0505. The number of benzene rings is 1. The van der Waals surface area contributed by atoms with Crippen LogP contribution in [-0.2, 0) is 6.54 Å². The molecule has 0 aliphatic carbocycles. The Labute approximate surface area is 188 Å². The number of aliphatic hydroxyl groups is 1. The number of nitriles is 1. The summed E-state index contributed by atoms with van der Waals surface area (Å²) in [6, 6.07) is 16.7. The lowest BCUT2D eigenvalue weighted by Gasteiger charge is -2.33. The Kier molecular flexibility index (Phi) is 7.10. The molecule has 2 aromatic heterocycles. The highest BCUT2D eigenvalue weighted by Gasteiger charge is 2.25. The van der Waals surface area contributed by atoms with Gasteiger partial charge >= 0.3 is 0 Å². The molecule has 0 spiro atoms. The molecule has 3 heterocycles. The second kappa shape index (κ2) is 10.6. The number of nitrogens with zero attached hydrogens (tertiary/aromatic N) is 5. The van der Waals surface area contributed by atoms with Gasteiger partial charge in [0.15, 0.2) is 11.6 Å². The van der Waals surface area contributed by atoms with Crippen molar-refractivity contribution in [1.29, 1.82) is 5.26 Å². The first-order valence-corrected chi connectivity index (χ1v) is 10.9. The fraction of sp³-hybridized carbons (Fsp3) is 0.333. The van der Waals surface area contributed by atoms with Gasteiger partial charge in [0.1, 0.15) is 11.6 Å². The molecule has 8 nitrogen and oxygen atoms in total. The lowest BCUT2D eigenvalue weighted by atomic mass is 9.89. The van der Waals surface area contributed by atoms with Crippen molar-refractivity contribution in [3.05, 3.63) is 71.5 Å². The van der Waals surface area contributed by atoms with E-state index in [-0.39, 0.29) is 6.61 Å².